The average Bonchev–Trinajstić information content (AvgIpc) is 2.88. The first kappa shape index (κ1) is 19.8. The lowest BCUT2D eigenvalue weighted by molar-refractivity contribution is -0.150. The molecule has 2 aliphatic rings. The Bertz CT molecular complexity index is 815. The van der Waals surface area contributed by atoms with Gasteiger partial charge in [-0.15, -0.1) is 0 Å². The SMILES string of the molecule is C[C@@H]1CCCC[C@@]12NC(=O)N(CC(=O)OCC(=O)Nc1cccc(F)c1)C2=O. The van der Waals surface area contributed by atoms with Crippen LogP contribution in [0.15, 0.2) is 24.3 Å². The number of carbonyl (C=O) groups excluding carboxylic acids is 4. The maximum Gasteiger partial charge on any atom is 0.326 e. The molecule has 1 aliphatic heterocycles. The molecule has 3 rings (SSSR count). The van der Waals surface area contributed by atoms with Crippen LogP contribution in [0.2, 0.25) is 0 Å². The van der Waals surface area contributed by atoms with E-state index in [4.69, 9.17) is 4.74 Å². The first-order valence-electron chi connectivity index (χ1n) is 9.17. The van der Waals surface area contributed by atoms with E-state index in [0.717, 1.165) is 30.2 Å². The first-order chi connectivity index (χ1) is 13.3. The van der Waals surface area contributed by atoms with E-state index in [2.05, 4.69) is 10.6 Å². The molecule has 1 saturated carbocycles. The molecule has 0 radical (unpaired) electrons. The van der Waals surface area contributed by atoms with Gasteiger partial charge in [-0.05, 0) is 37.0 Å². The second kappa shape index (κ2) is 7.95. The third-order valence-corrected chi connectivity index (χ3v) is 5.26. The lowest BCUT2D eigenvalue weighted by Gasteiger charge is -2.36. The molecule has 8 nitrogen and oxygen atoms in total. The number of anilines is 1. The van der Waals surface area contributed by atoms with Crippen molar-refractivity contribution >= 4 is 29.5 Å². The Kier molecular flexibility index (Phi) is 5.62. The Morgan fingerprint density at radius 3 is 2.86 bits per heavy atom. The molecule has 28 heavy (non-hydrogen) atoms. The number of imide groups is 1. The first-order valence-corrected chi connectivity index (χ1v) is 9.17. The summed E-state index contributed by atoms with van der Waals surface area (Å²) in [5.74, 6) is -2.49. The molecule has 2 N–H and O–H groups in total. The largest absolute Gasteiger partial charge is 0.454 e. The van der Waals surface area contributed by atoms with E-state index in [-0.39, 0.29) is 11.6 Å². The zero-order valence-corrected chi connectivity index (χ0v) is 15.5. The zero-order valence-electron chi connectivity index (χ0n) is 15.5. The number of nitrogens with zero attached hydrogens (tertiary/aromatic N) is 1. The summed E-state index contributed by atoms with van der Waals surface area (Å²) in [6.07, 6.45) is 3.19. The van der Waals surface area contributed by atoms with Crippen molar-refractivity contribution in [2.24, 2.45) is 5.92 Å². The Morgan fingerprint density at radius 2 is 2.14 bits per heavy atom. The van der Waals surface area contributed by atoms with Crippen molar-refractivity contribution in [1.29, 1.82) is 0 Å². The summed E-state index contributed by atoms with van der Waals surface area (Å²) in [7, 11) is 0. The van der Waals surface area contributed by atoms with Gasteiger partial charge in [0.25, 0.3) is 11.8 Å². The van der Waals surface area contributed by atoms with Gasteiger partial charge in [-0.3, -0.25) is 19.3 Å². The van der Waals surface area contributed by atoms with E-state index in [1.807, 2.05) is 6.92 Å². The molecule has 4 amide bonds. The van der Waals surface area contributed by atoms with Gasteiger partial charge in [0.1, 0.15) is 17.9 Å². The number of halogens is 1. The van der Waals surface area contributed by atoms with Gasteiger partial charge in [-0.25, -0.2) is 9.18 Å². The molecule has 1 heterocycles. The van der Waals surface area contributed by atoms with E-state index in [1.165, 1.54) is 18.2 Å². The zero-order chi connectivity index (χ0) is 20.3. The molecule has 1 saturated heterocycles. The summed E-state index contributed by atoms with van der Waals surface area (Å²) < 4.78 is 17.9. The van der Waals surface area contributed by atoms with Crippen LogP contribution >= 0.6 is 0 Å². The number of amides is 4. The number of nitrogens with one attached hydrogen (secondary N) is 2. The van der Waals surface area contributed by atoms with Gasteiger partial charge in [-0.1, -0.05) is 25.8 Å². The number of urea groups is 1. The van der Waals surface area contributed by atoms with Crippen molar-refractivity contribution in [2.45, 2.75) is 38.1 Å². The van der Waals surface area contributed by atoms with Crippen LogP contribution in [-0.4, -0.2) is 47.4 Å². The normalized spacial score (nSPS) is 24.2. The molecule has 150 valence electrons. The third kappa shape index (κ3) is 3.97. The van der Waals surface area contributed by atoms with Crippen LogP contribution in [0.1, 0.15) is 32.6 Å². The van der Waals surface area contributed by atoms with E-state index < -0.39 is 48.3 Å². The quantitative estimate of drug-likeness (QED) is 0.588. The summed E-state index contributed by atoms with van der Waals surface area (Å²) in [5, 5.41) is 5.13. The van der Waals surface area contributed by atoms with Crippen molar-refractivity contribution < 1.29 is 28.3 Å². The highest BCUT2D eigenvalue weighted by Gasteiger charge is 2.55. The molecule has 0 bridgehead atoms. The highest BCUT2D eigenvalue weighted by Crippen LogP contribution is 2.38. The number of benzene rings is 1. The molecule has 1 aromatic carbocycles. The van der Waals surface area contributed by atoms with Gasteiger partial charge in [0.15, 0.2) is 6.61 Å². The minimum absolute atomic E-state index is 0.0178. The standard InChI is InChI=1S/C19H22FN3O5/c1-12-5-2-3-8-19(12)17(26)23(18(27)22-19)10-16(25)28-11-15(24)21-14-7-4-6-13(20)9-14/h4,6-7,9,12H,2-3,5,8,10-11H2,1H3,(H,21,24)(H,22,27)/t12-,19-/m1/s1. The van der Waals surface area contributed by atoms with Crippen LogP contribution in [0, 0.1) is 11.7 Å². The second-order valence-corrected chi connectivity index (χ2v) is 7.16. The molecule has 9 heteroatoms. The number of ether oxygens (including phenoxy) is 1. The fourth-order valence-corrected chi connectivity index (χ4v) is 3.72. The predicted octanol–water partition coefficient (Wildman–Crippen LogP) is 1.81. The number of carbonyl (C=O) groups is 4. The van der Waals surface area contributed by atoms with Gasteiger partial charge in [0.2, 0.25) is 0 Å². The number of hydrogen-bond donors (Lipinski definition) is 2. The lowest BCUT2D eigenvalue weighted by atomic mass is 9.73. The van der Waals surface area contributed by atoms with Crippen LogP contribution in [0.4, 0.5) is 14.9 Å². The predicted molar refractivity (Wildman–Crippen MR) is 96.6 cm³/mol. The van der Waals surface area contributed by atoms with Crippen LogP contribution < -0.4 is 10.6 Å². The lowest BCUT2D eigenvalue weighted by Crippen LogP contribution is -2.54. The van der Waals surface area contributed by atoms with Crippen LogP contribution in [0.3, 0.4) is 0 Å². The fraction of sp³-hybridized carbons (Fsp3) is 0.474. The average molecular weight is 391 g/mol. The van der Waals surface area contributed by atoms with E-state index >= 15 is 0 Å². The van der Waals surface area contributed by atoms with E-state index in [9.17, 15) is 23.6 Å². The molecule has 1 spiro atoms. The van der Waals surface area contributed by atoms with Crippen LogP contribution in [0.5, 0.6) is 0 Å². The topological polar surface area (TPSA) is 105 Å². The smallest absolute Gasteiger partial charge is 0.326 e. The maximum atomic E-state index is 13.1. The number of hydrogen-bond acceptors (Lipinski definition) is 5. The van der Waals surface area contributed by atoms with Crippen molar-refractivity contribution in [2.75, 3.05) is 18.5 Å². The molecule has 1 aliphatic carbocycles. The number of esters is 1. The van der Waals surface area contributed by atoms with Gasteiger partial charge in [0, 0.05) is 5.69 Å². The fourth-order valence-electron chi connectivity index (χ4n) is 3.72. The number of rotatable bonds is 5. The van der Waals surface area contributed by atoms with Crippen molar-refractivity contribution in [3.05, 3.63) is 30.1 Å². The van der Waals surface area contributed by atoms with Gasteiger partial charge in [0.05, 0.1) is 0 Å². The van der Waals surface area contributed by atoms with Crippen molar-refractivity contribution in [3.8, 4) is 0 Å². The van der Waals surface area contributed by atoms with Gasteiger partial charge in [-0.2, -0.15) is 0 Å². The molecular weight excluding hydrogens is 369 g/mol. The highest BCUT2D eigenvalue weighted by molar-refractivity contribution is 6.09. The molecule has 2 fully saturated rings. The summed E-state index contributed by atoms with van der Waals surface area (Å²) in [4.78, 5) is 49.7. The van der Waals surface area contributed by atoms with Crippen LogP contribution in [0.25, 0.3) is 0 Å². The second-order valence-electron chi connectivity index (χ2n) is 7.16. The van der Waals surface area contributed by atoms with Crippen molar-refractivity contribution in [1.82, 2.24) is 10.2 Å². The Morgan fingerprint density at radius 1 is 1.36 bits per heavy atom. The summed E-state index contributed by atoms with van der Waals surface area (Å²) >= 11 is 0. The van der Waals surface area contributed by atoms with Crippen molar-refractivity contribution in [3.63, 3.8) is 0 Å². The van der Waals surface area contributed by atoms with Crippen LogP contribution in [-0.2, 0) is 19.1 Å². The molecule has 0 unspecified atom stereocenters. The minimum Gasteiger partial charge on any atom is -0.454 e. The molecule has 1 aromatic rings. The summed E-state index contributed by atoms with van der Waals surface area (Å²) in [6, 6.07) is 4.64. The minimum atomic E-state index is -0.954. The summed E-state index contributed by atoms with van der Waals surface area (Å²) in [6.45, 7) is 0.739. The Labute approximate surface area is 161 Å². The van der Waals surface area contributed by atoms with Gasteiger partial charge < -0.3 is 15.4 Å². The Balaban J connectivity index is 1.52. The Hall–Kier alpha value is -2.97. The van der Waals surface area contributed by atoms with E-state index in [0.29, 0.717) is 6.42 Å². The van der Waals surface area contributed by atoms with E-state index in [1.54, 1.807) is 0 Å². The molecule has 2 atom stereocenters. The monoisotopic (exact) mass is 391 g/mol. The van der Waals surface area contributed by atoms with Gasteiger partial charge >= 0.3 is 12.0 Å². The third-order valence-electron chi connectivity index (χ3n) is 5.26. The highest BCUT2D eigenvalue weighted by atomic mass is 19.1. The maximum absolute atomic E-state index is 13.1. The molecule has 0 aromatic heterocycles. The molecular formula is C19H22FN3O5. The summed E-state index contributed by atoms with van der Waals surface area (Å²) in [5.41, 5.74) is -0.729.